The van der Waals surface area contributed by atoms with Crippen LogP contribution in [-0.4, -0.2) is 46.6 Å². The van der Waals surface area contributed by atoms with Gasteiger partial charge in [0.25, 0.3) is 0 Å². The number of aromatic nitrogens is 2. The van der Waals surface area contributed by atoms with Crippen molar-refractivity contribution in [1.29, 1.82) is 0 Å². The van der Waals surface area contributed by atoms with Crippen LogP contribution in [0.3, 0.4) is 0 Å². The van der Waals surface area contributed by atoms with Crippen molar-refractivity contribution in [2.75, 3.05) is 24.5 Å². The Hall–Kier alpha value is -2.46. The smallest absolute Gasteiger partial charge is 0.148 e. The molecule has 0 amide bonds. The van der Waals surface area contributed by atoms with Gasteiger partial charge in [0, 0.05) is 24.5 Å². The van der Waals surface area contributed by atoms with Crippen LogP contribution < -0.4 is 4.90 Å². The van der Waals surface area contributed by atoms with Crippen molar-refractivity contribution in [3.05, 3.63) is 66.4 Å². The quantitative estimate of drug-likeness (QED) is 0.701. The van der Waals surface area contributed by atoms with Gasteiger partial charge >= 0.3 is 0 Å². The third-order valence-corrected chi connectivity index (χ3v) is 6.95. The molecule has 7 rings (SSSR count). The second kappa shape index (κ2) is 6.03. The van der Waals surface area contributed by atoms with E-state index in [1.807, 2.05) is 18.3 Å². The summed E-state index contributed by atoms with van der Waals surface area (Å²) < 4.78 is 0. The second-order valence-corrected chi connectivity index (χ2v) is 8.24. The predicted octanol–water partition coefficient (Wildman–Crippen LogP) is 3.70. The maximum atomic E-state index is 5.00. The summed E-state index contributed by atoms with van der Waals surface area (Å²) in [5.74, 6) is 2.38. The largest absolute Gasteiger partial charge is 0.350 e. The Labute approximate surface area is 159 Å². The zero-order valence-electron chi connectivity index (χ0n) is 15.4. The highest BCUT2D eigenvalue weighted by molar-refractivity contribution is 5.75. The highest BCUT2D eigenvalue weighted by Crippen LogP contribution is 2.47. The molecule has 4 nitrogen and oxygen atoms in total. The van der Waals surface area contributed by atoms with Crippen molar-refractivity contribution in [2.24, 2.45) is 5.92 Å². The van der Waals surface area contributed by atoms with Crippen molar-refractivity contribution in [3.8, 4) is 0 Å². The molecule has 0 saturated carbocycles. The summed E-state index contributed by atoms with van der Waals surface area (Å²) in [6.45, 7) is 3.55. The first kappa shape index (κ1) is 15.6. The van der Waals surface area contributed by atoms with Crippen molar-refractivity contribution in [2.45, 2.75) is 30.8 Å². The van der Waals surface area contributed by atoms with Gasteiger partial charge < -0.3 is 4.90 Å². The van der Waals surface area contributed by atoms with Crippen molar-refractivity contribution < 1.29 is 0 Å². The Bertz CT molecular complexity index is 964. The number of para-hydroxylation sites is 2. The van der Waals surface area contributed by atoms with Gasteiger partial charge in [-0.25, -0.2) is 4.98 Å². The molecule has 3 atom stereocenters. The molecule has 27 heavy (non-hydrogen) atoms. The highest BCUT2D eigenvalue weighted by Gasteiger charge is 2.53. The van der Waals surface area contributed by atoms with Gasteiger partial charge in [-0.1, -0.05) is 42.5 Å². The maximum Gasteiger partial charge on any atom is 0.148 e. The number of nitrogens with zero attached hydrogens (tertiary/aromatic N) is 4. The minimum absolute atomic E-state index is 0.549. The molecule has 4 aliphatic heterocycles. The van der Waals surface area contributed by atoms with Crippen LogP contribution in [0.4, 0.5) is 5.82 Å². The third-order valence-electron chi connectivity index (χ3n) is 6.95. The number of piperidine rings is 3. The van der Waals surface area contributed by atoms with E-state index in [1.165, 1.54) is 31.5 Å². The van der Waals surface area contributed by atoms with Gasteiger partial charge in [0.2, 0.25) is 0 Å². The fourth-order valence-electron chi connectivity index (χ4n) is 5.76. The summed E-state index contributed by atoms with van der Waals surface area (Å²) in [5, 5.41) is 0. The predicted molar refractivity (Wildman–Crippen MR) is 108 cm³/mol. The third kappa shape index (κ3) is 2.39. The summed E-state index contributed by atoms with van der Waals surface area (Å²) in [6, 6.07) is 20.5. The molecule has 4 heteroatoms. The highest BCUT2D eigenvalue weighted by atomic mass is 15.3. The van der Waals surface area contributed by atoms with Gasteiger partial charge in [-0.3, -0.25) is 9.88 Å². The molecule has 0 aliphatic carbocycles. The van der Waals surface area contributed by atoms with E-state index in [0.717, 1.165) is 29.3 Å². The molecule has 4 saturated heterocycles. The lowest BCUT2D eigenvalue weighted by Gasteiger charge is -2.51. The van der Waals surface area contributed by atoms with Gasteiger partial charge in [-0.05, 0) is 49.5 Å². The topological polar surface area (TPSA) is 32.3 Å². The number of rotatable bonds is 2. The van der Waals surface area contributed by atoms with Crippen LogP contribution in [0.1, 0.15) is 24.3 Å². The van der Waals surface area contributed by atoms with E-state index in [4.69, 9.17) is 9.97 Å². The minimum atomic E-state index is 0.549. The second-order valence-electron chi connectivity index (χ2n) is 8.24. The molecule has 4 aliphatic rings. The minimum Gasteiger partial charge on any atom is -0.350 e. The molecule has 136 valence electrons. The Balaban J connectivity index is 1.44. The molecule has 4 fully saturated rings. The van der Waals surface area contributed by atoms with E-state index < -0.39 is 0 Å². The fourth-order valence-corrected chi connectivity index (χ4v) is 5.76. The molecule has 2 bridgehead atoms. The molecule has 0 unspecified atom stereocenters. The monoisotopic (exact) mass is 356 g/mol. The number of benzene rings is 2. The molecular formula is C23H24N4. The summed E-state index contributed by atoms with van der Waals surface area (Å²) >= 11 is 0. The van der Waals surface area contributed by atoms with Crippen LogP contribution in [0.5, 0.6) is 0 Å². The van der Waals surface area contributed by atoms with E-state index in [9.17, 15) is 0 Å². The van der Waals surface area contributed by atoms with Gasteiger partial charge in [0.15, 0.2) is 0 Å². The summed E-state index contributed by atoms with van der Waals surface area (Å²) in [6.07, 6.45) is 4.63. The van der Waals surface area contributed by atoms with Crippen LogP contribution in [0.15, 0.2) is 60.8 Å². The average Bonchev–Trinajstić information content (AvgIpc) is 3.18. The van der Waals surface area contributed by atoms with Crippen molar-refractivity contribution >= 4 is 16.9 Å². The van der Waals surface area contributed by atoms with Crippen LogP contribution in [0.2, 0.25) is 0 Å². The number of hydrogen-bond donors (Lipinski definition) is 0. The fraction of sp³-hybridized carbons (Fsp3) is 0.391. The van der Waals surface area contributed by atoms with Gasteiger partial charge in [-0.2, -0.15) is 0 Å². The molecule has 2 aromatic carbocycles. The zero-order valence-corrected chi connectivity index (χ0v) is 15.4. The summed E-state index contributed by atoms with van der Waals surface area (Å²) in [5.41, 5.74) is 3.44. The molecule has 0 spiro atoms. The normalized spacial score (nSPS) is 32.0. The maximum absolute atomic E-state index is 5.00. The Morgan fingerprint density at radius 3 is 2.37 bits per heavy atom. The lowest BCUT2D eigenvalue weighted by atomic mass is 9.75. The van der Waals surface area contributed by atoms with Crippen LogP contribution in [0.25, 0.3) is 11.0 Å². The number of fused-ring (bicyclic) bond motifs is 3. The lowest BCUT2D eigenvalue weighted by Crippen LogP contribution is -2.60. The van der Waals surface area contributed by atoms with Crippen molar-refractivity contribution in [3.63, 3.8) is 0 Å². The molecular weight excluding hydrogens is 332 g/mol. The van der Waals surface area contributed by atoms with E-state index in [2.05, 4.69) is 52.3 Å². The molecule has 0 radical (unpaired) electrons. The van der Waals surface area contributed by atoms with E-state index >= 15 is 0 Å². The summed E-state index contributed by atoms with van der Waals surface area (Å²) in [7, 11) is 0. The SMILES string of the molecule is c1ccc([C@H]2CN(c3cnc4ccccc4n3)[C@@H]3C4CCN(CC4)[C@H]23)cc1. The molecule has 0 N–H and O–H groups in total. The van der Waals surface area contributed by atoms with Crippen molar-refractivity contribution in [1.82, 2.24) is 14.9 Å². The standard InChI is InChI=1S/C23H24N4/c1-2-6-16(7-3-1)18-15-27(22-17-10-12-26(13-11-17)23(18)22)21-14-24-19-8-4-5-9-20(19)25-21/h1-9,14,17-18,22-23H,10-13,15H2/t18-,22-,23-/m1/s1. The van der Waals surface area contributed by atoms with Crippen LogP contribution in [-0.2, 0) is 0 Å². The first-order valence-corrected chi connectivity index (χ1v) is 10.2. The lowest BCUT2D eigenvalue weighted by molar-refractivity contribution is 0.0354. The number of anilines is 1. The van der Waals surface area contributed by atoms with E-state index in [-0.39, 0.29) is 0 Å². The zero-order chi connectivity index (χ0) is 17.8. The molecule has 1 aromatic heterocycles. The Morgan fingerprint density at radius 1 is 0.815 bits per heavy atom. The average molecular weight is 356 g/mol. The van der Waals surface area contributed by atoms with E-state index in [0.29, 0.717) is 18.0 Å². The Kier molecular flexibility index (Phi) is 3.48. The van der Waals surface area contributed by atoms with E-state index in [1.54, 1.807) is 0 Å². The first-order chi connectivity index (χ1) is 13.4. The van der Waals surface area contributed by atoms with Gasteiger partial charge in [0.1, 0.15) is 5.82 Å². The van der Waals surface area contributed by atoms with Crippen LogP contribution >= 0.6 is 0 Å². The first-order valence-electron chi connectivity index (χ1n) is 10.2. The van der Waals surface area contributed by atoms with Gasteiger partial charge in [-0.15, -0.1) is 0 Å². The number of hydrogen-bond acceptors (Lipinski definition) is 4. The van der Waals surface area contributed by atoms with Crippen LogP contribution in [0, 0.1) is 5.92 Å². The Morgan fingerprint density at radius 2 is 1.56 bits per heavy atom. The van der Waals surface area contributed by atoms with Gasteiger partial charge in [0.05, 0.1) is 17.2 Å². The summed E-state index contributed by atoms with van der Waals surface area (Å²) in [4.78, 5) is 15.0. The molecule has 5 heterocycles. The molecule has 3 aromatic rings.